The smallest absolute Gasteiger partial charge is 0.310 e. The van der Waals surface area contributed by atoms with Gasteiger partial charge < -0.3 is 4.74 Å². The second kappa shape index (κ2) is 6.36. The summed E-state index contributed by atoms with van der Waals surface area (Å²) in [6.45, 7) is 0.299. The average Bonchev–Trinajstić information content (AvgIpc) is 2.39. The summed E-state index contributed by atoms with van der Waals surface area (Å²) in [7, 11) is 0. The largest absolute Gasteiger partial charge is 0.461 e. The zero-order valence-electron chi connectivity index (χ0n) is 9.80. The Balaban J connectivity index is 1.88. The highest BCUT2D eigenvalue weighted by Gasteiger charge is 2.06. The maximum absolute atomic E-state index is 11.7. The highest BCUT2D eigenvalue weighted by molar-refractivity contribution is 9.10. The van der Waals surface area contributed by atoms with Gasteiger partial charge in [-0.2, -0.15) is 0 Å². The highest BCUT2D eigenvalue weighted by Crippen LogP contribution is 2.16. The van der Waals surface area contributed by atoms with Crippen LogP contribution in [0.25, 0.3) is 0 Å². The number of ether oxygens (including phenoxy) is 1. The number of rotatable bonds is 4. The molecular weight excluding hydrogens is 292 g/mol. The van der Waals surface area contributed by atoms with Gasteiger partial charge in [0.05, 0.1) is 6.42 Å². The lowest BCUT2D eigenvalue weighted by atomic mass is 10.1. The summed E-state index contributed by atoms with van der Waals surface area (Å²) >= 11 is 3.42. The minimum absolute atomic E-state index is 0.211. The van der Waals surface area contributed by atoms with Crippen molar-refractivity contribution in [1.82, 2.24) is 0 Å². The fourth-order valence-corrected chi connectivity index (χ4v) is 1.99. The van der Waals surface area contributed by atoms with E-state index in [-0.39, 0.29) is 5.97 Å². The van der Waals surface area contributed by atoms with Crippen LogP contribution in [0, 0.1) is 0 Å². The fraction of sp³-hybridized carbons (Fsp3) is 0.133. The van der Waals surface area contributed by atoms with Gasteiger partial charge in [-0.1, -0.05) is 64.5 Å². The third-order valence-electron chi connectivity index (χ3n) is 2.54. The minimum atomic E-state index is -0.211. The SMILES string of the molecule is O=C(Cc1ccccc1)OCc1ccccc1Br. The topological polar surface area (TPSA) is 26.3 Å². The van der Waals surface area contributed by atoms with E-state index in [0.717, 1.165) is 15.6 Å². The Morgan fingerprint density at radius 2 is 1.67 bits per heavy atom. The van der Waals surface area contributed by atoms with E-state index in [1.54, 1.807) is 0 Å². The van der Waals surface area contributed by atoms with E-state index in [1.807, 2.05) is 54.6 Å². The van der Waals surface area contributed by atoms with Gasteiger partial charge in [-0.3, -0.25) is 4.79 Å². The molecule has 0 aliphatic carbocycles. The van der Waals surface area contributed by atoms with Crippen molar-refractivity contribution in [2.75, 3.05) is 0 Å². The van der Waals surface area contributed by atoms with E-state index >= 15 is 0 Å². The molecule has 2 rings (SSSR count). The van der Waals surface area contributed by atoms with E-state index in [2.05, 4.69) is 15.9 Å². The normalized spacial score (nSPS) is 10.1. The monoisotopic (exact) mass is 304 g/mol. The van der Waals surface area contributed by atoms with Crippen LogP contribution >= 0.6 is 15.9 Å². The predicted octanol–water partition coefficient (Wildman–Crippen LogP) is 3.74. The van der Waals surface area contributed by atoms with Crippen molar-refractivity contribution in [3.05, 3.63) is 70.2 Å². The molecule has 3 heteroatoms. The Bertz CT molecular complexity index is 523. The lowest BCUT2D eigenvalue weighted by Gasteiger charge is -2.06. The molecule has 0 bridgehead atoms. The van der Waals surface area contributed by atoms with Crippen molar-refractivity contribution in [2.24, 2.45) is 0 Å². The molecule has 2 aromatic carbocycles. The second-order valence-electron chi connectivity index (χ2n) is 3.91. The first-order chi connectivity index (χ1) is 8.75. The highest BCUT2D eigenvalue weighted by atomic mass is 79.9. The number of benzene rings is 2. The fourth-order valence-electron chi connectivity index (χ4n) is 1.59. The van der Waals surface area contributed by atoms with Crippen LogP contribution in [0.15, 0.2) is 59.1 Å². The third-order valence-corrected chi connectivity index (χ3v) is 3.31. The van der Waals surface area contributed by atoms with Gasteiger partial charge in [-0.15, -0.1) is 0 Å². The summed E-state index contributed by atoms with van der Waals surface area (Å²) in [5.41, 5.74) is 1.94. The van der Waals surface area contributed by atoms with Gasteiger partial charge in [-0.05, 0) is 11.6 Å². The molecule has 2 nitrogen and oxygen atoms in total. The molecule has 0 saturated heterocycles. The number of carbonyl (C=O) groups is 1. The van der Waals surface area contributed by atoms with Crippen molar-refractivity contribution in [1.29, 1.82) is 0 Å². The lowest BCUT2D eigenvalue weighted by Crippen LogP contribution is -2.08. The molecule has 2 aromatic rings. The van der Waals surface area contributed by atoms with E-state index < -0.39 is 0 Å². The van der Waals surface area contributed by atoms with Gasteiger partial charge in [0.1, 0.15) is 6.61 Å². The van der Waals surface area contributed by atoms with Crippen LogP contribution in [0.3, 0.4) is 0 Å². The first-order valence-corrected chi connectivity index (χ1v) is 6.48. The molecule has 0 aliphatic rings. The Hall–Kier alpha value is -1.61. The quantitative estimate of drug-likeness (QED) is 0.805. The van der Waals surface area contributed by atoms with Gasteiger partial charge >= 0.3 is 5.97 Å². The maximum Gasteiger partial charge on any atom is 0.310 e. The van der Waals surface area contributed by atoms with Crippen LogP contribution in [-0.2, 0) is 22.6 Å². The molecular formula is C15H13BrO2. The van der Waals surface area contributed by atoms with Crippen LogP contribution in [0.4, 0.5) is 0 Å². The Kier molecular flexibility index (Phi) is 4.53. The van der Waals surface area contributed by atoms with E-state index in [0.29, 0.717) is 13.0 Å². The molecule has 92 valence electrons. The predicted molar refractivity (Wildman–Crippen MR) is 74.1 cm³/mol. The van der Waals surface area contributed by atoms with Crippen LogP contribution in [0.2, 0.25) is 0 Å². The first-order valence-electron chi connectivity index (χ1n) is 5.68. The molecule has 0 radical (unpaired) electrons. The third kappa shape index (κ3) is 3.70. The molecule has 0 amide bonds. The van der Waals surface area contributed by atoms with E-state index in [4.69, 9.17) is 4.74 Å². The van der Waals surface area contributed by atoms with Crippen molar-refractivity contribution in [3.8, 4) is 0 Å². The summed E-state index contributed by atoms with van der Waals surface area (Å²) in [4.78, 5) is 11.7. The van der Waals surface area contributed by atoms with Crippen LogP contribution in [0.5, 0.6) is 0 Å². The van der Waals surface area contributed by atoms with Gasteiger partial charge in [0.15, 0.2) is 0 Å². The average molecular weight is 305 g/mol. The van der Waals surface area contributed by atoms with Gasteiger partial charge in [0.2, 0.25) is 0 Å². The molecule has 0 aromatic heterocycles. The molecule has 0 spiro atoms. The maximum atomic E-state index is 11.7. The summed E-state index contributed by atoms with van der Waals surface area (Å²) in [6.07, 6.45) is 0.311. The summed E-state index contributed by atoms with van der Waals surface area (Å²) in [6, 6.07) is 17.3. The molecule has 0 saturated carbocycles. The molecule has 0 unspecified atom stereocenters. The zero-order valence-corrected chi connectivity index (χ0v) is 11.4. The Labute approximate surface area is 115 Å². The molecule has 0 heterocycles. The summed E-state index contributed by atoms with van der Waals surface area (Å²) < 4.78 is 6.20. The first kappa shape index (κ1) is 12.8. The molecule has 0 atom stereocenters. The lowest BCUT2D eigenvalue weighted by molar-refractivity contribution is -0.144. The second-order valence-corrected chi connectivity index (χ2v) is 4.77. The van der Waals surface area contributed by atoms with Crippen molar-refractivity contribution < 1.29 is 9.53 Å². The number of carbonyl (C=O) groups excluding carboxylic acids is 1. The van der Waals surface area contributed by atoms with Gasteiger partial charge in [0, 0.05) is 10.0 Å². The summed E-state index contributed by atoms with van der Waals surface area (Å²) in [5, 5.41) is 0. The van der Waals surface area contributed by atoms with E-state index in [9.17, 15) is 4.79 Å². The number of hydrogen-bond acceptors (Lipinski definition) is 2. The minimum Gasteiger partial charge on any atom is -0.461 e. The summed E-state index contributed by atoms with van der Waals surface area (Å²) in [5.74, 6) is -0.211. The standard InChI is InChI=1S/C15H13BrO2/c16-14-9-5-4-8-13(14)11-18-15(17)10-12-6-2-1-3-7-12/h1-9H,10-11H2. The van der Waals surface area contributed by atoms with Crippen molar-refractivity contribution >= 4 is 21.9 Å². The number of hydrogen-bond donors (Lipinski definition) is 0. The number of halogens is 1. The van der Waals surface area contributed by atoms with Crippen LogP contribution in [-0.4, -0.2) is 5.97 Å². The molecule has 0 aliphatic heterocycles. The zero-order chi connectivity index (χ0) is 12.8. The molecule has 18 heavy (non-hydrogen) atoms. The van der Waals surface area contributed by atoms with Crippen LogP contribution < -0.4 is 0 Å². The van der Waals surface area contributed by atoms with Crippen LogP contribution in [0.1, 0.15) is 11.1 Å². The van der Waals surface area contributed by atoms with Gasteiger partial charge in [-0.25, -0.2) is 0 Å². The van der Waals surface area contributed by atoms with E-state index in [1.165, 1.54) is 0 Å². The Morgan fingerprint density at radius 1 is 1.00 bits per heavy atom. The van der Waals surface area contributed by atoms with Crippen molar-refractivity contribution in [2.45, 2.75) is 13.0 Å². The van der Waals surface area contributed by atoms with Gasteiger partial charge in [0.25, 0.3) is 0 Å². The molecule has 0 N–H and O–H groups in total. The number of esters is 1. The molecule has 0 fully saturated rings. The van der Waals surface area contributed by atoms with Crippen molar-refractivity contribution in [3.63, 3.8) is 0 Å². The Morgan fingerprint density at radius 3 is 2.39 bits per heavy atom.